The zero-order valence-corrected chi connectivity index (χ0v) is 18.3. The number of carbonyl (C=O) groups excluding carboxylic acids is 2. The lowest BCUT2D eigenvalue weighted by Gasteiger charge is -2.20. The van der Waals surface area contributed by atoms with E-state index in [1.807, 2.05) is 0 Å². The Hall–Kier alpha value is -2.75. The summed E-state index contributed by atoms with van der Waals surface area (Å²) >= 11 is 6.88. The van der Waals surface area contributed by atoms with Gasteiger partial charge in [0.1, 0.15) is 16.7 Å². The number of amides is 2. The molecule has 166 valence electrons. The van der Waals surface area contributed by atoms with Crippen LogP contribution in [0.5, 0.6) is 5.75 Å². The van der Waals surface area contributed by atoms with Crippen LogP contribution in [0, 0.1) is 11.5 Å². The Morgan fingerprint density at radius 1 is 1.32 bits per heavy atom. The number of hydrogen-bond acceptors (Lipinski definition) is 7. The molecule has 0 unspecified atom stereocenters. The molecule has 2 amide bonds. The Labute approximate surface area is 185 Å². The molecular formula is C18H16ClF2N3O5S2. The number of nitriles is 1. The number of carbonyl (C=O) groups is 2. The van der Waals surface area contributed by atoms with E-state index in [-0.39, 0.29) is 21.2 Å². The summed E-state index contributed by atoms with van der Waals surface area (Å²) < 4.78 is 54.9. The normalized spacial score (nSPS) is 12.1. The van der Waals surface area contributed by atoms with Gasteiger partial charge < -0.3 is 10.1 Å². The molecule has 0 aliphatic heterocycles. The van der Waals surface area contributed by atoms with Crippen molar-refractivity contribution >= 4 is 44.6 Å². The van der Waals surface area contributed by atoms with Crippen LogP contribution in [0.15, 0.2) is 35.7 Å². The van der Waals surface area contributed by atoms with Gasteiger partial charge in [-0.25, -0.2) is 8.42 Å². The van der Waals surface area contributed by atoms with E-state index in [1.165, 1.54) is 35.7 Å². The van der Waals surface area contributed by atoms with Crippen LogP contribution >= 0.6 is 22.9 Å². The second kappa shape index (κ2) is 10.5. The van der Waals surface area contributed by atoms with Gasteiger partial charge in [0.15, 0.2) is 16.0 Å². The van der Waals surface area contributed by atoms with Crippen LogP contribution in [0.4, 0.5) is 8.78 Å². The monoisotopic (exact) mass is 491 g/mol. The van der Waals surface area contributed by atoms with Crippen LogP contribution in [0.3, 0.4) is 0 Å². The lowest BCUT2D eigenvalue weighted by molar-refractivity contribution is -0.128. The number of nitrogens with zero attached hydrogens (tertiary/aromatic N) is 2. The maximum absolute atomic E-state index is 12.7. The Kier molecular flexibility index (Phi) is 8.32. The van der Waals surface area contributed by atoms with E-state index in [1.54, 1.807) is 6.19 Å². The second-order valence-corrected chi connectivity index (χ2v) is 9.59. The molecule has 0 aliphatic rings. The number of ether oxygens (including phenoxy) is 1. The maximum Gasteiger partial charge on any atom is 0.387 e. The lowest BCUT2D eigenvalue weighted by Crippen LogP contribution is -2.49. The first-order valence-electron chi connectivity index (χ1n) is 8.48. The summed E-state index contributed by atoms with van der Waals surface area (Å²) in [5.41, 5.74) is -0.0461. The topological polar surface area (TPSA) is 117 Å². The van der Waals surface area contributed by atoms with Gasteiger partial charge in [0.2, 0.25) is 0 Å². The molecule has 0 fully saturated rings. The third-order valence-corrected chi connectivity index (χ3v) is 6.82. The number of nitrogens with one attached hydrogen (secondary N) is 1. The molecule has 1 heterocycles. The molecule has 1 aromatic carbocycles. The molecule has 0 aliphatic carbocycles. The zero-order chi connectivity index (χ0) is 23.2. The van der Waals surface area contributed by atoms with Gasteiger partial charge in [0.05, 0.1) is 16.5 Å². The van der Waals surface area contributed by atoms with E-state index in [0.717, 1.165) is 18.4 Å². The van der Waals surface area contributed by atoms with Gasteiger partial charge in [0.25, 0.3) is 11.8 Å². The SMILES string of the molecule is CN(C#N)C(=O)[C@H](CS(=O)(=O)Cc1ccccc1OC(F)F)NC(=O)c1sccc1Cl. The number of halogens is 3. The Balaban J connectivity index is 2.27. The predicted molar refractivity (Wildman–Crippen MR) is 110 cm³/mol. The molecule has 1 aromatic heterocycles. The van der Waals surface area contributed by atoms with Gasteiger partial charge in [-0.2, -0.15) is 14.0 Å². The van der Waals surface area contributed by atoms with Crippen LogP contribution in [-0.2, 0) is 20.4 Å². The molecule has 31 heavy (non-hydrogen) atoms. The van der Waals surface area contributed by atoms with E-state index in [0.29, 0.717) is 4.90 Å². The first kappa shape index (κ1) is 24.5. The molecule has 0 radical (unpaired) electrons. The number of rotatable bonds is 9. The van der Waals surface area contributed by atoms with Crippen molar-refractivity contribution in [3.63, 3.8) is 0 Å². The molecule has 2 rings (SSSR count). The van der Waals surface area contributed by atoms with Crippen LogP contribution in [0.1, 0.15) is 15.2 Å². The third-order valence-electron chi connectivity index (χ3n) is 3.89. The van der Waals surface area contributed by atoms with E-state index in [2.05, 4.69) is 10.1 Å². The van der Waals surface area contributed by atoms with Gasteiger partial charge in [-0.15, -0.1) is 11.3 Å². The van der Waals surface area contributed by atoms with Crippen molar-refractivity contribution in [3.8, 4) is 11.9 Å². The van der Waals surface area contributed by atoms with Crippen molar-refractivity contribution in [2.24, 2.45) is 0 Å². The van der Waals surface area contributed by atoms with Crippen LogP contribution in [-0.4, -0.2) is 50.6 Å². The molecule has 13 heteroatoms. The number of para-hydroxylation sites is 1. The van der Waals surface area contributed by atoms with Crippen LogP contribution in [0.2, 0.25) is 5.02 Å². The number of thiophene rings is 1. The molecular weight excluding hydrogens is 476 g/mol. The smallest absolute Gasteiger partial charge is 0.387 e. The van der Waals surface area contributed by atoms with Crippen molar-refractivity contribution in [2.75, 3.05) is 12.8 Å². The lowest BCUT2D eigenvalue weighted by atomic mass is 10.2. The van der Waals surface area contributed by atoms with Gasteiger partial charge in [-0.3, -0.25) is 14.5 Å². The predicted octanol–water partition coefficient (Wildman–Crippen LogP) is 2.66. The molecule has 1 atom stereocenters. The number of sulfone groups is 1. The highest BCUT2D eigenvalue weighted by molar-refractivity contribution is 7.90. The number of alkyl halides is 2. The second-order valence-electron chi connectivity index (χ2n) is 6.16. The highest BCUT2D eigenvalue weighted by atomic mass is 35.5. The van der Waals surface area contributed by atoms with Gasteiger partial charge in [0, 0.05) is 12.6 Å². The van der Waals surface area contributed by atoms with Gasteiger partial charge >= 0.3 is 6.61 Å². The minimum absolute atomic E-state index is 0.0461. The van der Waals surface area contributed by atoms with E-state index in [4.69, 9.17) is 16.9 Å². The molecule has 0 saturated carbocycles. The van der Waals surface area contributed by atoms with Crippen molar-refractivity contribution in [3.05, 3.63) is 51.2 Å². The Morgan fingerprint density at radius 2 is 2.00 bits per heavy atom. The molecule has 8 nitrogen and oxygen atoms in total. The quantitative estimate of drug-likeness (QED) is 0.426. The fourth-order valence-corrected chi connectivity index (χ4v) is 5.13. The summed E-state index contributed by atoms with van der Waals surface area (Å²) in [6.45, 7) is -3.16. The number of hydrogen-bond donors (Lipinski definition) is 1. The minimum atomic E-state index is -4.13. The fraction of sp³-hybridized carbons (Fsp3) is 0.278. The highest BCUT2D eigenvalue weighted by Gasteiger charge is 2.31. The Bertz CT molecular complexity index is 1100. The first-order valence-corrected chi connectivity index (χ1v) is 11.6. The largest absolute Gasteiger partial charge is 0.435 e. The summed E-state index contributed by atoms with van der Waals surface area (Å²) in [7, 11) is -3.02. The van der Waals surface area contributed by atoms with E-state index in [9.17, 15) is 26.8 Å². The van der Waals surface area contributed by atoms with E-state index < -0.39 is 45.8 Å². The van der Waals surface area contributed by atoms with Crippen molar-refractivity contribution in [1.29, 1.82) is 5.26 Å². The van der Waals surface area contributed by atoms with Crippen LogP contribution in [0.25, 0.3) is 0 Å². The minimum Gasteiger partial charge on any atom is -0.435 e. The zero-order valence-electron chi connectivity index (χ0n) is 15.9. The van der Waals surface area contributed by atoms with E-state index >= 15 is 0 Å². The molecule has 1 N–H and O–H groups in total. The number of benzene rings is 1. The van der Waals surface area contributed by atoms with Gasteiger partial charge in [-0.1, -0.05) is 29.8 Å². The molecule has 0 spiro atoms. The molecule has 2 aromatic rings. The number of likely N-dealkylation sites (N-methyl/N-ethyl adjacent to an activating group) is 1. The van der Waals surface area contributed by atoms with Crippen molar-refractivity contribution in [1.82, 2.24) is 10.2 Å². The first-order chi connectivity index (χ1) is 14.5. The fourth-order valence-electron chi connectivity index (χ4n) is 2.52. The summed E-state index contributed by atoms with van der Waals surface area (Å²) in [5.74, 6) is -3.70. The summed E-state index contributed by atoms with van der Waals surface area (Å²) in [4.78, 5) is 25.5. The standard InChI is InChI=1S/C18H16ClF2N3O5S2/c1-24(10-22)17(26)13(23-16(25)15-12(19)6-7-30-15)9-31(27,28)8-11-4-2-3-5-14(11)29-18(20)21/h2-7,13,18H,8-9H2,1H3,(H,23,25)/t13-/m0/s1. The van der Waals surface area contributed by atoms with Crippen LogP contribution < -0.4 is 10.1 Å². The van der Waals surface area contributed by atoms with Gasteiger partial charge in [-0.05, 0) is 17.5 Å². The summed E-state index contributed by atoms with van der Waals surface area (Å²) in [5, 5.41) is 12.9. The summed E-state index contributed by atoms with van der Waals surface area (Å²) in [6, 6.07) is 5.16. The highest BCUT2D eigenvalue weighted by Crippen LogP contribution is 2.24. The average molecular weight is 492 g/mol. The Morgan fingerprint density at radius 3 is 2.58 bits per heavy atom. The van der Waals surface area contributed by atoms with Crippen molar-refractivity contribution < 1.29 is 31.5 Å². The maximum atomic E-state index is 12.7. The average Bonchev–Trinajstić information content (AvgIpc) is 3.13. The summed E-state index contributed by atoms with van der Waals surface area (Å²) in [6.07, 6.45) is 1.54. The molecule has 0 saturated heterocycles. The molecule has 0 bridgehead atoms. The van der Waals surface area contributed by atoms with Crippen molar-refractivity contribution in [2.45, 2.75) is 18.4 Å². The third kappa shape index (κ3) is 6.88.